The van der Waals surface area contributed by atoms with Crippen molar-refractivity contribution in [3.8, 4) is 11.5 Å². The third-order valence-corrected chi connectivity index (χ3v) is 4.26. The highest BCUT2D eigenvalue weighted by Crippen LogP contribution is 2.38. The van der Waals surface area contributed by atoms with Crippen LogP contribution in [0.4, 0.5) is 4.79 Å². The Balaban J connectivity index is 2.39. The smallest absolute Gasteiger partial charge is 0.293 e. The molecule has 1 aromatic carbocycles. The normalized spacial score (nSPS) is 16.9. The first kappa shape index (κ1) is 15.9. The molecule has 0 aromatic heterocycles. The maximum Gasteiger partial charge on any atom is 0.293 e. The predicted molar refractivity (Wildman–Crippen MR) is 85.3 cm³/mol. The number of methoxy groups -OCH3 is 1. The lowest BCUT2D eigenvalue weighted by atomic mass is 10.1. The van der Waals surface area contributed by atoms with Crippen LogP contribution >= 0.6 is 27.7 Å². The minimum absolute atomic E-state index is 0.0667. The van der Waals surface area contributed by atoms with E-state index in [2.05, 4.69) is 15.9 Å². The summed E-state index contributed by atoms with van der Waals surface area (Å²) in [7, 11) is 1.44. The van der Waals surface area contributed by atoms with Gasteiger partial charge < -0.3 is 9.84 Å². The lowest BCUT2D eigenvalue weighted by molar-refractivity contribution is -0.122. The van der Waals surface area contributed by atoms with Crippen LogP contribution in [0.25, 0.3) is 6.08 Å². The standard InChI is InChI=1S/C14H14BrNO4S/c1-3-4-16-13(18)11(21-14(16)19)6-8-5-9(15)7-10(20-2)12(8)17/h5-7,17H,3-4H2,1-2H3/b11-6+. The number of carbonyl (C=O) groups excluding carboxylic acids is 2. The molecular formula is C14H14BrNO4S. The Morgan fingerprint density at radius 3 is 2.76 bits per heavy atom. The van der Waals surface area contributed by atoms with E-state index in [1.54, 1.807) is 12.1 Å². The summed E-state index contributed by atoms with van der Waals surface area (Å²) >= 11 is 4.19. The molecule has 0 bridgehead atoms. The molecule has 112 valence electrons. The van der Waals surface area contributed by atoms with Gasteiger partial charge in [-0.2, -0.15) is 0 Å². The molecule has 1 saturated heterocycles. The van der Waals surface area contributed by atoms with Crippen LogP contribution in [0.3, 0.4) is 0 Å². The Labute approximate surface area is 135 Å². The Bertz CT molecular complexity index is 630. The van der Waals surface area contributed by atoms with Crippen LogP contribution in [-0.4, -0.2) is 34.8 Å². The molecule has 1 aromatic rings. The van der Waals surface area contributed by atoms with Crippen molar-refractivity contribution in [1.82, 2.24) is 4.90 Å². The Morgan fingerprint density at radius 1 is 1.43 bits per heavy atom. The molecular weight excluding hydrogens is 358 g/mol. The zero-order valence-corrected chi connectivity index (χ0v) is 14.0. The van der Waals surface area contributed by atoms with Crippen LogP contribution in [0, 0.1) is 0 Å². The number of aromatic hydroxyl groups is 1. The van der Waals surface area contributed by atoms with Crippen molar-refractivity contribution in [3.63, 3.8) is 0 Å². The molecule has 5 nitrogen and oxygen atoms in total. The average molecular weight is 372 g/mol. The Kier molecular flexibility index (Phi) is 4.95. The number of phenolic OH excluding ortho intramolecular Hbond substituents is 1. The number of benzene rings is 1. The lowest BCUT2D eigenvalue weighted by Gasteiger charge is -2.10. The molecule has 2 amide bonds. The van der Waals surface area contributed by atoms with Crippen molar-refractivity contribution in [2.24, 2.45) is 0 Å². The summed E-state index contributed by atoms with van der Waals surface area (Å²) in [5, 5.41) is 9.80. The van der Waals surface area contributed by atoms with E-state index in [-0.39, 0.29) is 16.9 Å². The van der Waals surface area contributed by atoms with Gasteiger partial charge in [-0.05, 0) is 36.4 Å². The number of nitrogens with zero attached hydrogens (tertiary/aromatic N) is 1. The molecule has 0 aliphatic carbocycles. The molecule has 1 heterocycles. The van der Waals surface area contributed by atoms with Crippen molar-refractivity contribution in [3.05, 3.63) is 27.1 Å². The fourth-order valence-corrected chi connectivity index (χ4v) is 3.23. The summed E-state index contributed by atoms with van der Waals surface area (Å²) in [4.78, 5) is 25.4. The van der Waals surface area contributed by atoms with E-state index < -0.39 is 0 Å². The van der Waals surface area contributed by atoms with Gasteiger partial charge in [-0.1, -0.05) is 22.9 Å². The number of halogens is 1. The van der Waals surface area contributed by atoms with Crippen LogP contribution in [-0.2, 0) is 4.79 Å². The topological polar surface area (TPSA) is 66.8 Å². The summed E-state index contributed by atoms with van der Waals surface area (Å²) in [6, 6.07) is 3.28. The second-order valence-electron chi connectivity index (χ2n) is 4.38. The number of hydrogen-bond acceptors (Lipinski definition) is 5. The van der Waals surface area contributed by atoms with Gasteiger partial charge in [0.05, 0.1) is 12.0 Å². The van der Waals surface area contributed by atoms with E-state index in [1.165, 1.54) is 18.1 Å². The van der Waals surface area contributed by atoms with Gasteiger partial charge in [0, 0.05) is 16.6 Å². The molecule has 0 atom stereocenters. The van der Waals surface area contributed by atoms with Crippen molar-refractivity contribution in [2.45, 2.75) is 13.3 Å². The number of hydrogen-bond donors (Lipinski definition) is 1. The molecule has 1 fully saturated rings. The van der Waals surface area contributed by atoms with E-state index in [0.29, 0.717) is 33.7 Å². The van der Waals surface area contributed by atoms with Gasteiger partial charge >= 0.3 is 0 Å². The highest BCUT2D eigenvalue weighted by atomic mass is 79.9. The van der Waals surface area contributed by atoms with Crippen molar-refractivity contribution < 1.29 is 19.4 Å². The largest absolute Gasteiger partial charge is 0.504 e. The van der Waals surface area contributed by atoms with E-state index >= 15 is 0 Å². The third-order valence-electron chi connectivity index (χ3n) is 2.90. The number of thioether (sulfide) groups is 1. The third kappa shape index (κ3) is 3.24. The van der Waals surface area contributed by atoms with Crippen molar-refractivity contribution >= 4 is 44.9 Å². The van der Waals surface area contributed by atoms with Gasteiger partial charge in [0.25, 0.3) is 11.1 Å². The number of ether oxygens (including phenoxy) is 1. The minimum Gasteiger partial charge on any atom is -0.504 e. The second kappa shape index (κ2) is 6.53. The first-order valence-electron chi connectivity index (χ1n) is 6.29. The SMILES string of the molecule is CCCN1C(=O)S/C(=C/c2cc(Br)cc(OC)c2O)C1=O. The zero-order chi connectivity index (χ0) is 15.6. The molecule has 0 unspecified atom stereocenters. The summed E-state index contributed by atoms with van der Waals surface area (Å²) in [5.74, 6) is -0.100. The van der Waals surface area contributed by atoms with E-state index in [0.717, 1.165) is 11.8 Å². The lowest BCUT2D eigenvalue weighted by Crippen LogP contribution is -2.28. The maximum atomic E-state index is 12.2. The highest BCUT2D eigenvalue weighted by molar-refractivity contribution is 9.10. The fraction of sp³-hybridized carbons (Fsp3) is 0.286. The van der Waals surface area contributed by atoms with Crippen LogP contribution in [0.1, 0.15) is 18.9 Å². The first-order chi connectivity index (χ1) is 9.97. The molecule has 1 aliphatic rings. The molecule has 2 rings (SSSR count). The van der Waals surface area contributed by atoms with Gasteiger partial charge in [0.1, 0.15) is 0 Å². The summed E-state index contributed by atoms with van der Waals surface area (Å²) in [6.45, 7) is 2.30. The second-order valence-corrected chi connectivity index (χ2v) is 6.29. The van der Waals surface area contributed by atoms with Crippen LogP contribution in [0.2, 0.25) is 0 Å². The van der Waals surface area contributed by atoms with E-state index in [9.17, 15) is 14.7 Å². The summed E-state index contributed by atoms with van der Waals surface area (Å²) < 4.78 is 5.77. The van der Waals surface area contributed by atoms with Gasteiger partial charge in [0.2, 0.25) is 0 Å². The number of amides is 2. The molecule has 0 radical (unpaired) electrons. The average Bonchev–Trinajstić information content (AvgIpc) is 2.70. The minimum atomic E-state index is -0.329. The number of phenols is 1. The molecule has 7 heteroatoms. The Hall–Kier alpha value is -1.47. The summed E-state index contributed by atoms with van der Waals surface area (Å²) in [5.41, 5.74) is 0.420. The summed E-state index contributed by atoms with van der Waals surface area (Å²) in [6.07, 6.45) is 2.21. The molecule has 1 aliphatic heterocycles. The van der Waals surface area contributed by atoms with Crippen molar-refractivity contribution in [1.29, 1.82) is 0 Å². The highest BCUT2D eigenvalue weighted by Gasteiger charge is 2.34. The molecule has 21 heavy (non-hydrogen) atoms. The van der Waals surface area contributed by atoms with E-state index in [1.807, 2.05) is 6.92 Å². The van der Waals surface area contributed by atoms with Gasteiger partial charge in [-0.25, -0.2) is 0 Å². The van der Waals surface area contributed by atoms with Crippen LogP contribution < -0.4 is 4.74 Å². The number of carbonyl (C=O) groups is 2. The van der Waals surface area contributed by atoms with E-state index in [4.69, 9.17) is 4.74 Å². The van der Waals surface area contributed by atoms with Crippen LogP contribution in [0.5, 0.6) is 11.5 Å². The van der Waals surface area contributed by atoms with Gasteiger partial charge in [0.15, 0.2) is 11.5 Å². The van der Waals surface area contributed by atoms with Gasteiger partial charge in [-0.15, -0.1) is 0 Å². The molecule has 0 spiro atoms. The first-order valence-corrected chi connectivity index (χ1v) is 7.90. The fourth-order valence-electron chi connectivity index (χ4n) is 1.92. The molecule has 1 N–H and O–H groups in total. The number of rotatable bonds is 4. The number of imide groups is 1. The van der Waals surface area contributed by atoms with Crippen LogP contribution in [0.15, 0.2) is 21.5 Å². The molecule has 0 saturated carbocycles. The monoisotopic (exact) mass is 371 g/mol. The van der Waals surface area contributed by atoms with Crippen molar-refractivity contribution in [2.75, 3.05) is 13.7 Å². The zero-order valence-electron chi connectivity index (χ0n) is 11.6. The predicted octanol–water partition coefficient (Wildman–Crippen LogP) is 3.61. The Morgan fingerprint density at radius 2 is 2.14 bits per heavy atom. The van der Waals surface area contributed by atoms with Gasteiger partial charge in [-0.3, -0.25) is 14.5 Å². The maximum absolute atomic E-state index is 12.2. The quantitative estimate of drug-likeness (QED) is 0.818.